The lowest BCUT2D eigenvalue weighted by Crippen LogP contribution is -2.28. The van der Waals surface area contributed by atoms with Gasteiger partial charge >= 0.3 is 6.03 Å². The molecule has 4 aromatic rings. The summed E-state index contributed by atoms with van der Waals surface area (Å²) in [7, 11) is 0. The molecule has 0 unspecified atom stereocenters. The number of imidazole rings is 1. The molecular weight excluding hydrogens is 314 g/mol. The van der Waals surface area contributed by atoms with E-state index in [1.807, 2.05) is 60.1 Å². The van der Waals surface area contributed by atoms with Crippen LogP contribution in [0.5, 0.6) is 0 Å². The highest BCUT2D eigenvalue weighted by molar-refractivity contribution is 6.01. The number of anilines is 1. The van der Waals surface area contributed by atoms with Crippen molar-refractivity contribution in [3.8, 4) is 0 Å². The summed E-state index contributed by atoms with van der Waals surface area (Å²) in [6.07, 6.45) is 7.37. The minimum Gasteiger partial charge on any atom is -0.332 e. The Morgan fingerprint density at radius 1 is 1.24 bits per heavy atom. The Hall–Kier alpha value is -3.41. The van der Waals surface area contributed by atoms with Gasteiger partial charge in [-0.25, -0.2) is 9.78 Å². The summed E-state index contributed by atoms with van der Waals surface area (Å²) in [5.74, 6) is 0. The summed E-state index contributed by atoms with van der Waals surface area (Å²) in [6, 6.07) is 11.4. The summed E-state index contributed by atoms with van der Waals surface area (Å²) in [4.78, 5) is 20.8. The van der Waals surface area contributed by atoms with Gasteiger partial charge in [0.25, 0.3) is 0 Å². The first kappa shape index (κ1) is 15.1. The third-order valence-electron chi connectivity index (χ3n) is 4.02. The average molecular weight is 331 g/mol. The highest BCUT2D eigenvalue weighted by Crippen LogP contribution is 2.21. The van der Waals surface area contributed by atoms with Gasteiger partial charge in [-0.2, -0.15) is 0 Å². The molecule has 0 fully saturated rings. The van der Waals surface area contributed by atoms with E-state index in [1.54, 1.807) is 12.4 Å². The third-order valence-corrected chi connectivity index (χ3v) is 4.02. The van der Waals surface area contributed by atoms with Gasteiger partial charge in [0.05, 0.1) is 17.9 Å². The van der Waals surface area contributed by atoms with Crippen molar-refractivity contribution in [2.24, 2.45) is 0 Å². The van der Waals surface area contributed by atoms with Gasteiger partial charge in [0.1, 0.15) is 5.65 Å². The zero-order valence-electron chi connectivity index (χ0n) is 13.7. The predicted molar refractivity (Wildman–Crippen MR) is 97.5 cm³/mol. The number of aromatic nitrogens is 3. The van der Waals surface area contributed by atoms with Crippen LogP contribution < -0.4 is 10.6 Å². The minimum atomic E-state index is -0.266. The fourth-order valence-electron chi connectivity index (χ4n) is 2.79. The SMILES string of the molecule is Cc1ccn2cc(CNC(=O)Nc3cccc4cnccc34)nc2c1. The number of aryl methyl sites for hydroxylation is 1. The van der Waals surface area contributed by atoms with Crippen LogP contribution in [0.2, 0.25) is 0 Å². The smallest absolute Gasteiger partial charge is 0.319 e. The molecule has 0 spiro atoms. The van der Waals surface area contributed by atoms with Crippen molar-refractivity contribution in [3.63, 3.8) is 0 Å². The fourth-order valence-corrected chi connectivity index (χ4v) is 2.79. The number of urea groups is 1. The topological polar surface area (TPSA) is 71.3 Å². The van der Waals surface area contributed by atoms with Gasteiger partial charge in [-0.3, -0.25) is 4.98 Å². The molecule has 0 bridgehead atoms. The molecule has 3 heterocycles. The standard InChI is InChI=1S/C19H17N5O/c1-13-6-8-24-12-15(22-18(24)9-13)11-21-19(25)23-17-4-2-3-14-10-20-7-5-16(14)17/h2-10,12H,11H2,1H3,(H2,21,23,25). The molecule has 0 aliphatic heterocycles. The van der Waals surface area contributed by atoms with Crippen molar-refractivity contribution < 1.29 is 4.79 Å². The Kier molecular flexibility index (Phi) is 3.78. The Morgan fingerprint density at radius 2 is 2.16 bits per heavy atom. The van der Waals surface area contributed by atoms with E-state index in [4.69, 9.17) is 0 Å². The van der Waals surface area contributed by atoms with Gasteiger partial charge < -0.3 is 15.0 Å². The van der Waals surface area contributed by atoms with Gasteiger partial charge in [-0.1, -0.05) is 12.1 Å². The van der Waals surface area contributed by atoms with E-state index in [-0.39, 0.29) is 6.03 Å². The van der Waals surface area contributed by atoms with Crippen molar-refractivity contribution in [1.82, 2.24) is 19.7 Å². The maximum atomic E-state index is 12.2. The first-order valence-electron chi connectivity index (χ1n) is 8.01. The Morgan fingerprint density at radius 3 is 3.08 bits per heavy atom. The monoisotopic (exact) mass is 331 g/mol. The largest absolute Gasteiger partial charge is 0.332 e. The Balaban J connectivity index is 1.46. The second kappa shape index (κ2) is 6.24. The number of fused-ring (bicyclic) bond motifs is 2. The molecule has 2 amide bonds. The summed E-state index contributed by atoms with van der Waals surface area (Å²) in [5, 5.41) is 7.67. The van der Waals surface area contributed by atoms with Crippen molar-refractivity contribution >= 4 is 28.1 Å². The quantitative estimate of drug-likeness (QED) is 0.603. The molecule has 0 aliphatic rings. The van der Waals surface area contributed by atoms with Crippen LogP contribution >= 0.6 is 0 Å². The van der Waals surface area contributed by atoms with Crippen LogP contribution in [0.1, 0.15) is 11.3 Å². The van der Waals surface area contributed by atoms with E-state index in [9.17, 15) is 4.79 Å². The predicted octanol–water partition coefficient (Wildman–Crippen LogP) is 3.51. The van der Waals surface area contributed by atoms with E-state index >= 15 is 0 Å². The van der Waals surface area contributed by atoms with Crippen molar-refractivity contribution in [2.45, 2.75) is 13.5 Å². The second-order valence-electron chi connectivity index (χ2n) is 5.91. The molecule has 6 heteroatoms. The van der Waals surface area contributed by atoms with Crippen LogP contribution in [0.25, 0.3) is 16.4 Å². The second-order valence-corrected chi connectivity index (χ2v) is 5.91. The lowest BCUT2D eigenvalue weighted by molar-refractivity contribution is 0.251. The van der Waals surface area contributed by atoms with Crippen LogP contribution in [-0.2, 0) is 6.54 Å². The van der Waals surface area contributed by atoms with Gasteiger partial charge in [0.15, 0.2) is 0 Å². The number of rotatable bonds is 3. The first-order valence-corrected chi connectivity index (χ1v) is 8.01. The maximum absolute atomic E-state index is 12.2. The number of benzene rings is 1. The molecular formula is C19H17N5O. The molecule has 0 saturated heterocycles. The van der Waals surface area contributed by atoms with Crippen LogP contribution in [0.4, 0.5) is 10.5 Å². The summed E-state index contributed by atoms with van der Waals surface area (Å²) < 4.78 is 1.94. The number of hydrogen-bond acceptors (Lipinski definition) is 3. The zero-order valence-corrected chi connectivity index (χ0v) is 13.7. The van der Waals surface area contributed by atoms with Crippen LogP contribution in [-0.4, -0.2) is 20.4 Å². The van der Waals surface area contributed by atoms with Crippen LogP contribution in [0.3, 0.4) is 0 Å². The molecule has 2 N–H and O–H groups in total. The molecule has 0 radical (unpaired) electrons. The number of carbonyl (C=O) groups is 1. The zero-order chi connectivity index (χ0) is 17.2. The van der Waals surface area contributed by atoms with Crippen molar-refractivity contribution in [1.29, 1.82) is 0 Å². The van der Waals surface area contributed by atoms with Crippen LogP contribution in [0.15, 0.2) is 61.2 Å². The third kappa shape index (κ3) is 3.14. The number of hydrogen-bond donors (Lipinski definition) is 2. The average Bonchev–Trinajstić information content (AvgIpc) is 3.02. The number of nitrogens with zero attached hydrogens (tertiary/aromatic N) is 3. The first-order chi connectivity index (χ1) is 12.2. The molecule has 6 nitrogen and oxygen atoms in total. The lowest BCUT2D eigenvalue weighted by atomic mass is 10.1. The van der Waals surface area contributed by atoms with E-state index < -0.39 is 0 Å². The van der Waals surface area contributed by atoms with E-state index in [2.05, 4.69) is 20.6 Å². The minimum absolute atomic E-state index is 0.266. The molecule has 3 aromatic heterocycles. The van der Waals surface area contributed by atoms with Gasteiger partial charge in [0.2, 0.25) is 0 Å². The number of pyridine rings is 2. The van der Waals surface area contributed by atoms with E-state index in [0.717, 1.165) is 33.4 Å². The van der Waals surface area contributed by atoms with Crippen LogP contribution in [0, 0.1) is 6.92 Å². The molecule has 0 atom stereocenters. The maximum Gasteiger partial charge on any atom is 0.319 e. The van der Waals surface area contributed by atoms with E-state index in [1.165, 1.54) is 0 Å². The molecule has 25 heavy (non-hydrogen) atoms. The normalized spacial score (nSPS) is 10.9. The number of carbonyl (C=O) groups excluding carboxylic acids is 1. The van der Waals surface area contributed by atoms with Gasteiger partial charge in [0, 0.05) is 35.6 Å². The lowest BCUT2D eigenvalue weighted by Gasteiger charge is -2.09. The molecule has 0 saturated carbocycles. The Labute approximate surface area is 144 Å². The molecule has 4 rings (SSSR count). The fraction of sp³-hybridized carbons (Fsp3) is 0.105. The summed E-state index contributed by atoms with van der Waals surface area (Å²) in [6.45, 7) is 2.39. The van der Waals surface area contributed by atoms with Gasteiger partial charge in [-0.05, 0) is 36.8 Å². The summed E-state index contributed by atoms with van der Waals surface area (Å²) >= 11 is 0. The van der Waals surface area contributed by atoms with Crippen molar-refractivity contribution in [2.75, 3.05) is 5.32 Å². The van der Waals surface area contributed by atoms with E-state index in [0.29, 0.717) is 6.54 Å². The molecule has 1 aromatic carbocycles. The number of nitrogens with one attached hydrogen (secondary N) is 2. The van der Waals surface area contributed by atoms with Crippen molar-refractivity contribution in [3.05, 3.63) is 72.4 Å². The Bertz CT molecular complexity index is 1060. The molecule has 0 aliphatic carbocycles. The van der Waals surface area contributed by atoms with Gasteiger partial charge in [-0.15, -0.1) is 0 Å². The molecule has 124 valence electrons. The highest BCUT2D eigenvalue weighted by Gasteiger charge is 2.07. The number of amides is 2. The summed E-state index contributed by atoms with van der Waals surface area (Å²) in [5.41, 5.74) is 3.59. The highest BCUT2D eigenvalue weighted by atomic mass is 16.2.